The Morgan fingerprint density at radius 3 is 2.58 bits per heavy atom. The van der Waals surface area contributed by atoms with Gasteiger partial charge in [0, 0.05) is 10.9 Å². The molecule has 0 bridgehead atoms. The van der Waals surface area contributed by atoms with Crippen LogP contribution >= 0.6 is 11.8 Å². The van der Waals surface area contributed by atoms with Gasteiger partial charge in [0.2, 0.25) is 5.17 Å². The highest BCUT2D eigenvalue weighted by molar-refractivity contribution is 8.13. The summed E-state index contributed by atoms with van der Waals surface area (Å²) < 4.78 is 41.4. The smallest absolute Gasteiger partial charge is 0.406 e. The summed E-state index contributed by atoms with van der Waals surface area (Å²) in [6.45, 7) is 4.27. The minimum absolute atomic E-state index is 0.162. The number of benzene rings is 3. The van der Waals surface area contributed by atoms with Crippen molar-refractivity contribution in [1.82, 2.24) is 0 Å². The molecular weight excluding hydrogens is 535 g/mol. The van der Waals surface area contributed by atoms with Gasteiger partial charge in [-0.3, -0.25) is 0 Å². The molecule has 10 heteroatoms. The molecule has 3 aromatic rings. The van der Waals surface area contributed by atoms with Crippen molar-refractivity contribution in [2.75, 3.05) is 11.2 Å². The standard InChI is InChI=1S/C30H26F3N5OS/c1-19(2)24-6-4-5-7-26(24)36-29(40-3)37-35-17-20-8-14-25-21(16-20)9-15-27-28(25)34-18-38(27)22-10-12-23(13-11-22)39-30(31,32)33/h4-19,27H,1-3H3/b20-17+,36-29?,37-35?. The Kier molecular flexibility index (Phi) is 7.88. The predicted octanol–water partition coefficient (Wildman–Crippen LogP) is 7.00. The van der Waals surface area contributed by atoms with Crippen LogP contribution in [0.1, 0.15) is 30.9 Å². The summed E-state index contributed by atoms with van der Waals surface area (Å²) in [7, 11) is 0. The molecule has 1 aliphatic carbocycles. The Hall–Kier alpha value is -4.18. The number of nitrogens with zero attached hydrogens (tertiary/aromatic N) is 5. The Morgan fingerprint density at radius 1 is 1.07 bits per heavy atom. The molecule has 5 rings (SSSR count). The number of rotatable bonds is 5. The lowest BCUT2D eigenvalue weighted by atomic mass is 9.99. The van der Waals surface area contributed by atoms with E-state index >= 15 is 0 Å². The van der Waals surface area contributed by atoms with Crippen LogP contribution in [0.2, 0.25) is 0 Å². The number of amidine groups is 1. The maximum absolute atomic E-state index is 12.5. The summed E-state index contributed by atoms with van der Waals surface area (Å²) in [5.74, 6) is 0.0839. The average Bonchev–Trinajstić information content (AvgIpc) is 3.36. The van der Waals surface area contributed by atoms with Crippen molar-refractivity contribution in [2.45, 2.75) is 32.2 Å². The van der Waals surface area contributed by atoms with Gasteiger partial charge in [-0.05, 0) is 64.9 Å². The SMILES string of the molecule is CSC(N=N/C=c1\ccc2c(c1)C=CC1C=2N=CN1c1ccc(OC(F)(F)F)cc1)=Nc1ccccc1C(C)C. The van der Waals surface area contributed by atoms with Gasteiger partial charge in [-0.15, -0.1) is 18.3 Å². The number of azo groups is 1. The number of ether oxygens (including phenoxy) is 1. The molecule has 2 aliphatic rings. The van der Waals surface area contributed by atoms with E-state index in [0.717, 1.165) is 32.9 Å². The summed E-state index contributed by atoms with van der Waals surface area (Å²) in [6, 6.07) is 19.6. The molecule has 1 atom stereocenters. The number of thioether (sulfide) groups is 1. The first-order chi connectivity index (χ1) is 19.2. The van der Waals surface area contributed by atoms with Crippen LogP contribution in [0.3, 0.4) is 0 Å². The van der Waals surface area contributed by atoms with Crippen molar-refractivity contribution in [1.29, 1.82) is 0 Å². The second-order valence-electron chi connectivity index (χ2n) is 9.39. The second-order valence-corrected chi connectivity index (χ2v) is 10.2. The lowest BCUT2D eigenvalue weighted by Gasteiger charge is -2.24. The molecule has 0 radical (unpaired) electrons. The molecule has 40 heavy (non-hydrogen) atoms. The van der Waals surface area contributed by atoms with Crippen LogP contribution in [0.4, 0.5) is 24.5 Å². The van der Waals surface area contributed by atoms with Crippen LogP contribution in [0, 0.1) is 0 Å². The van der Waals surface area contributed by atoms with Crippen molar-refractivity contribution in [2.24, 2.45) is 20.2 Å². The minimum Gasteiger partial charge on any atom is -0.406 e. The number of anilines is 1. The summed E-state index contributed by atoms with van der Waals surface area (Å²) in [5, 5.41) is 11.0. The molecule has 1 aliphatic heterocycles. The van der Waals surface area contributed by atoms with Gasteiger partial charge in [0.25, 0.3) is 0 Å². The molecule has 1 unspecified atom stereocenters. The van der Waals surface area contributed by atoms with Crippen molar-refractivity contribution in [3.05, 3.63) is 94.4 Å². The van der Waals surface area contributed by atoms with E-state index < -0.39 is 6.36 Å². The van der Waals surface area contributed by atoms with Crippen molar-refractivity contribution >= 4 is 52.6 Å². The normalized spacial score (nSPS) is 17.2. The fourth-order valence-corrected chi connectivity index (χ4v) is 4.84. The zero-order valence-electron chi connectivity index (χ0n) is 22.0. The molecule has 0 fully saturated rings. The first kappa shape index (κ1) is 27.4. The van der Waals surface area contributed by atoms with Gasteiger partial charge >= 0.3 is 6.36 Å². The van der Waals surface area contributed by atoms with E-state index in [0.29, 0.717) is 16.8 Å². The number of halogens is 3. The van der Waals surface area contributed by atoms with Crippen molar-refractivity contribution < 1.29 is 17.9 Å². The molecule has 6 nitrogen and oxygen atoms in total. The highest BCUT2D eigenvalue weighted by atomic mass is 32.2. The van der Waals surface area contributed by atoms with Gasteiger partial charge in [-0.25, -0.2) is 9.98 Å². The van der Waals surface area contributed by atoms with Gasteiger partial charge in [0.15, 0.2) is 0 Å². The zero-order valence-corrected chi connectivity index (χ0v) is 22.8. The number of hydrogen-bond acceptors (Lipinski definition) is 6. The maximum atomic E-state index is 12.5. The monoisotopic (exact) mass is 561 g/mol. The van der Waals surface area contributed by atoms with Gasteiger partial charge in [-0.2, -0.15) is 5.11 Å². The summed E-state index contributed by atoms with van der Waals surface area (Å²) in [5.41, 5.74) is 4.61. The van der Waals surface area contributed by atoms with Crippen LogP contribution in [0.15, 0.2) is 93.0 Å². The van der Waals surface area contributed by atoms with E-state index in [1.54, 1.807) is 24.7 Å². The third-order valence-corrected chi connectivity index (χ3v) is 6.92. The maximum Gasteiger partial charge on any atom is 0.573 e. The molecule has 3 aromatic carbocycles. The van der Waals surface area contributed by atoms with Crippen LogP contribution in [0.25, 0.3) is 18.0 Å². The van der Waals surface area contributed by atoms with Crippen molar-refractivity contribution in [3.8, 4) is 5.75 Å². The van der Waals surface area contributed by atoms with E-state index in [4.69, 9.17) is 4.99 Å². The van der Waals surface area contributed by atoms with Crippen LogP contribution in [-0.4, -0.2) is 30.2 Å². The molecule has 0 N–H and O–H groups in total. The van der Waals surface area contributed by atoms with Crippen LogP contribution in [-0.2, 0) is 0 Å². The number of hydrogen-bond donors (Lipinski definition) is 0. The predicted molar refractivity (Wildman–Crippen MR) is 156 cm³/mol. The molecule has 1 heterocycles. The lowest BCUT2D eigenvalue weighted by Crippen LogP contribution is -2.33. The van der Waals surface area contributed by atoms with Gasteiger partial charge in [0.05, 0.1) is 30.0 Å². The average molecular weight is 562 g/mol. The fourth-order valence-electron chi connectivity index (χ4n) is 4.53. The largest absolute Gasteiger partial charge is 0.573 e. The summed E-state index contributed by atoms with van der Waals surface area (Å²) in [6.07, 6.45) is 4.60. The van der Waals surface area contributed by atoms with Gasteiger partial charge in [-0.1, -0.05) is 68.1 Å². The number of para-hydroxylation sites is 1. The first-order valence-corrected chi connectivity index (χ1v) is 13.8. The van der Waals surface area contributed by atoms with Gasteiger partial charge < -0.3 is 9.64 Å². The highest BCUT2D eigenvalue weighted by Crippen LogP contribution is 2.31. The number of fused-ring (bicyclic) bond motifs is 2. The molecule has 0 amide bonds. The van der Waals surface area contributed by atoms with Crippen molar-refractivity contribution in [3.63, 3.8) is 0 Å². The molecule has 0 aromatic heterocycles. The molecule has 204 valence electrons. The van der Waals surface area contributed by atoms with E-state index in [1.807, 2.05) is 59.7 Å². The molecule has 0 saturated heterocycles. The zero-order chi connectivity index (χ0) is 28.3. The van der Waals surface area contributed by atoms with Crippen LogP contribution in [0.5, 0.6) is 5.75 Å². The summed E-state index contributed by atoms with van der Waals surface area (Å²) in [4.78, 5) is 11.2. The Morgan fingerprint density at radius 2 is 1.85 bits per heavy atom. The topological polar surface area (TPSA) is 61.9 Å². The minimum atomic E-state index is -4.73. The molecule has 0 saturated carbocycles. The van der Waals surface area contributed by atoms with E-state index in [2.05, 4.69) is 39.9 Å². The Bertz CT molecular complexity index is 1640. The quantitative estimate of drug-likeness (QED) is 0.191. The van der Waals surface area contributed by atoms with E-state index in [-0.39, 0.29) is 11.8 Å². The van der Waals surface area contributed by atoms with Gasteiger partial charge in [0.1, 0.15) is 5.75 Å². The molecular formula is C30H26F3N5OS. The third-order valence-electron chi connectivity index (χ3n) is 6.39. The number of aliphatic imine (C=N–C) groups is 2. The van der Waals surface area contributed by atoms with E-state index in [9.17, 15) is 13.2 Å². The fraction of sp³-hybridized carbons (Fsp3) is 0.200. The first-order valence-electron chi connectivity index (χ1n) is 12.6. The number of alkyl halides is 3. The highest BCUT2D eigenvalue weighted by Gasteiger charge is 2.31. The summed E-state index contributed by atoms with van der Waals surface area (Å²) >= 11 is 1.43. The van der Waals surface area contributed by atoms with E-state index in [1.165, 1.54) is 23.9 Å². The molecule has 0 spiro atoms. The van der Waals surface area contributed by atoms with Crippen LogP contribution < -0.4 is 20.1 Å². The third kappa shape index (κ3) is 6.17. The second kappa shape index (κ2) is 11.5. The Labute approximate surface area is 234 Å². The Balaban J connectivity index is 1.35. The lowest BCUT2D eigenvalue weighted by molar-refractivity contribution is -0.274.